The molecule has 1 amide bonds. The molecule has 0 spiro atoms. The summed E-state index contributed by atoms with van der Waals surface area (Å²) in [4.78, 5) is 16.0. The van der Waals surface area contributed by atoms with Crippen molar-refractivity contribution in [2.45, 2.75) is 103 Å². The molecule has 1 aliphatic heterocycles. The van der Waals surface area contributed by atoms with Crippen LogP contribution >= 0.6 is 0 Å². The summed E-state index contributed by atoms with van der Waals surface area (Å²) in [6.45, 7) is 9.40. The van der Waals surface area contributed by atoms with E-state index >= 15 is 0 Å². The van der Waals surface area contributed by atoms with Crippen LogP contribution < -0.4 is 10.6 Å². The first kappa shape index (κ1) is 33.1. The molecule has 3 N–H and O–H groups in total. The van der Waals surface area contributed by atoms with Crippen LogP contribution in [0.4, 0.5) is 8.78 Å². The molecule has 6 nitrogen and oxygen atoms in total. The first-order valence-corrected chi connectivity index (χ1v) is 15.4. The van der Waals surface area contributed by atoms with Crippen molar-refractivity contribution in [2.75, 3.05) is 26.2 Å². The van der Waals surface area contributed by atoms with E-state index in [9.17, 15) is 18.7 Å². The number of unbranched alkanes of at least 4 members (excludes halogenated alkanes) is 1. The van der Waals surface area contributed by atoms with E-state index < -0.39 is 23.8 Å². The van der Waals surface area contributed by atoms with Gasteiger partial charge in [-0.3, -0.25) is 9.69 Å². The van der Waals surface area contributed by atoms with Crippen molar-refractivity contribution in [1.82, 2.24) is 15.5 Å². The van der Waals surface area contributed by atoms with Gasteiger partial charge in [0.05, 0.1) is 24.3 Å². The number of ether oxygens (including phenoxy) is 1. The minimum absolute atomic E-state index is 0.113. The highest BCUT2D eigenvalue weighted by atomic mass is 19.1. The van der Waals surface area contributed by atoms with Crippen LogP contribution in [0.15, 0.2) is 42.5 Å². The maximum atomic E-state index is 14.0. The number of hydrogen-bond acceptors (Lipinski definition) is 5. The molecule has 0 bridgehead atoms. The van der Waals surface area contributed by atoms with Crippen LogP contribution in [0.3, 0.4) is 0 Å². The lowest BCUT2D eigenvalue weighted by atomic mass is 9.98. The van der Waals surface area contributed by atoms with E-state index in [0.717, 1.165) is 69.9 Å². The summed E-state index contributed by atoms with van der Waals surface area (Å²) in [5, 5.41) is 17.6. The van der Waals surface area contributed by atoms with Crippen molar-refractivity contribution in [2.24, 2.45) is 0 Å². The molecule has 0 saturated carbocycles. The van der Waals surface area contributed by atoms with Crippen LogP contribution in [-0.4, -0.2) is 66.4 Å². The Hall–Kier alpha value is -2.39. The fourth-order valence-electron chi connectivity index (χ4n) is 5.53. The highest BCUT2D eigenvalue weighted by molar-refractivity contribution is 5.82. The number of likely N-dealkylation sites (tertiary alicyclic amines) is 1. The molecule has 3 atom stereocenters. The average molecular weight is 574 g/mol. The Morgan fingerprint density at radius 1 is 1.02 bits per heavy atom. The number of halogens is 2. The number of benzene rings is 2. The molecule has 228 valence electrons. The Bertz CT molecular complexity index is 1040. The van der Waals surface area contributed by atoms with Crippen molar-refractivity contribution in [3.05, 3.63) is 70.8 Å². The van der Waals surface area contributed by atoms with E-state index in [1.807, 2.05) is 12.1 Å². The number of piperidine rings is 1. The molecule has 0 aliphatic carbocycles. The van der Waals surface area contributed by atoms with E-state index in [0.29, 0.717) is 18.5 Å². The largest absolute Gasteiger partial charge is 0.390 e. The van der Waals surface area contributed by atoms with Crippen LogP contribution in [-0.2, 0) is 28.9 Å². The number of nitrogens with zero attached hydrogens (tertiary/aromatic N) is 1. The second-order valence-corrected chi connectivity index (χ2v) is 11.2. The molecule has 3 rings (SSSR count). The third kappa shape index (κ3) is 11.1. The van der Waals surface area contributed by atoms with Crippen LogP contribution in [0, 0.1) is 11.6 Å². The second kappa shape index (κ2) is 17.5. The van der Waals surface area contributed by atoms with Gasteiger partial charge in [-0.15, -0.1) is 0 Å². The number of aliphatic hydroxyl groups excluding tert-OH is 1. The molecule has 41 heavy (non-hydrogen) atoms. The predicted molar refractivity (Wildman–Crippen MR) is 160 cm³/mol. The molecule has 1 saturated heterocycles. The number of aliphatic hydroxyl groups is 1. The summed E-state index contributed by atoms with van der Waals surface area (Å²) < 4.78 is 33.9. The normalized spacial score (nSPS) is 16.8. The first-order chi connectivity index (χ1) is 19.8. The Morgan fingerprint density at radius 3 is 2.39 bits per heavy atom. The molecule has 8 heteroatoms. The lowest BCUT2D eigenvalue weighted by molar-refractivity contribution is -0.129. The summed E-state index contributed by atoms with van der Waals surface area (Å²) in [6.07, 6.45) is 5.67. The van der Waals surface area contributed by atoms with Gasteiger partial charge < -0.3 is 20.5 Å². The Labute approximate surface area is 244 Å². The van der Waals surface area contributed by atoms with Gasteiger partial charge in [-0.25, -0.2) is 8.78 Å². The number of hydrogen-bond donors (Lipinski definition) is 3. The summed E-state index contributed by atoms with van der Waals surface area (Å²) in [7, 11) is 0. The molecule has 0 aromatic heterocycles. The number of nitrogens with one attached hydrogen (secondary N) is 2. The highest BCUT2D eigenvalue weighted by Gasteiger charge is 2.32. The first-order valence-electron chi connectivity index (χ1n) is 15.4. The van der Waals surface area contributed by atoms with Gasteiger partial charge in [0.2, 0.25) is 5.91 Å². The molecule has 1 aliphatic rings. The van der Waals surface area contributed by atoms with E-state index in [1.165, 1.54) is 17.7 Å². The zero-order valence-corrected chi connectivity index (χ0v) is 25.0. The van der Waals surface area contributed by atoms with Gasteiger partial charge in [-0.05, 0) is 67.3 Å². The number of carbonyl (C=O) groups excluding carboxylic acids is 1. The van der Waals surface area contributed by atoms with Crippen LogP contribution in [0.5, 0.6) is 0 Å². The summed E-state index contributed by atoms with van der Waals surface area (Å²) >= 11 is 0. The van der Waals surface area contributed by atoms with Crippen molar-refractivity contribution < 1.29 is 23.4 Å². The van der Waals surface area contributed by atoms with Gasteiger partial charge in [0.15, 0.2) is 0 Å². The van der Waals surface area contributed by atoms with Gasteiger partial charge in [-0.2, -0.15) is 0 Å². The van der Waals surface area contributed by atoms with Gasteiger partial charge in [0, 0.05) is 38.9 Å². The van der Waals surface area contributed by atoms with E-state index in [1.54, 1.807) is 0 Å². The fraction of sp³-hybridized carbons (Fsp3) is 0.606. The van der Waals surface area contributed by atoms with Gasteiger partial charge in [0.1, 0.15) is 11.6 Å². The zero-order chi connectivity index (χ0) is 29.6. The summed E-state index contributed by atoms with van der Waals surface area (Å²) in [5.74, 6) is -1.51. The number of amides is 1. The smallest absolute Gasteiger partial charge is 0.237 e. The Morgan fingerprint density at radius 2 is 1.73 bits per heavy atom. The SMILES string of the molecule is CCCC[C@@H](C(=O)N[C@@H](Cc1cc(F)cc(F)c1)[C@@H](O)CNCc1cccc(CC)c1)N1CCC(OCCC)CC1. The highest BCUT2D eigenvalue weighted by Crippen LogP contribution is 2.20. The lowest BCUT2D eigenvalue weighted by Crippen LogP contribution is -2.56. The number of rotatable bonds is 17. The third-order valence-electron chi connectivity index (χ3n) is 7.86. The van der Waals surface area contributed by atoms with Gasteiger partial charge >= 0.3 is 0 Å². The van der Waals surface area contributed by atoms with Gasteiger partial charge in [0.25, 0.3) is 0 Å². The molecule has 2 aromatic rings. The quantitative estimate of drug-likeness (QED) is 0.244. The number of aryl methyl sites for hydroxylation is 1. The minimum atomic E-state index is -0.959. The van der Waals surface area contributed by atoms with E-state index in [4.69, 9.17) is 4.74 Å². The van der Waals surface area contributed by atoms with Crippen molar-refractivity contribution >= 4 is 5.91 Å². The van der Waals surface area contributed by atoms with E-state index in [2.05, 4.69) is 48.4 Å². The average Bonchev–Trinajstić information content (AvgIpc) is 2.96. The lowest BCUT2D eigenvalue weighted by Gasteiger charge is -2.38. The van der Waals surface area contributed by atoms with Crippen molar-refractivity contribution in [3.63, 3.8) is 0 Å². The molecule has 1 fully saturated rings. The Kier molecular flexibility index (Phi) is 14.2. The number of carbonyl (C=O) groups is 1. The molecule has 2 aromatic carbocycles. The predicted octanol–water partition coefficient (Wildman–Crippen LogP) is 5.16. The van der Waals surface area contributed by atoms with Crippen molar-refractivity contribution in [3.8, 4) is 0 Å². The molecular weight excluding hydrogens is 524 g/mol. The molecule has 1 heterocycles. The molecule has 0 unspecified atom stereocenters. The second-order valence-electron chi connectivity index (χ2n) is 11.2. The Balaban J connectivity index is 1.70. The van der Waals surface area contributed by atoms with Crippen LogP contribution in [0.2, 0.25) is 0 Å². The maximum Gasteiger partial charge on any atom is 0.237 e. The topological polar surface area (TPSA) is 73.8 Å². The standard InChI is InChI=1S/C33H49F2N3O3/c1-4-7-11-31(38-14-12-29(13-15-38)41-16-5-2)33(40)37-30(20-26-18-27(34)21-28(35)19-26)32(39)23-36-22-25-10-8-9-24(6-3)17-25/h8-10,17-19,21,29-32,36,39H,4-7,11-16,20,22-23H2,1-3H3,(H,37,40)/t30-,31-,32-/m0/s1. The van der Waals surface area contributed by atoms with E-state index in [-0.39, 0.29) is 31.0 Å². The van der Waals surface area contributed by atoms with Gasteiger partial charge in [-0.1, -0.05) is 57.9 Å². The monoisotopic (exact) mass is 573 g/mol. The fourth-order valence-corrected chi connectivity index (χ4v) is 5.53. The summed E-state index contributed by atoms with van der Waals surface area (Å²) in [6, 6.07) is 10.6. The zero-order valence-electron chi connectivity index (χ0n) is 25.0. The molecule has 0 radical (unpaired) electrons. The maximum absolute atomic E-state index is 14.0. The molecular formula is C33H49F2N3O3. The minimum Gasteiger partial charge on any atom is -0.390 e. The van der Waals surface area contributed by atoms with Crippen LogP contribution in [0.25, 0.3) is 0 Å². The van der Waals surface area contributed by atoms with Crippen molar-refractivity contribution in [1.29, 1.82) is 0 Å². The summed E-state index contributed by atoms with van der Waals surface area (Å²) in [5.41, 5.74) is 2.74. The van der Waals surface area contributed by atoms with Crippen LogP contribution in [0.1, 0.15) is 76.0 Å². The third-order valence-corrected chi connectivity index (χ3v) is 7.86.